The monoisotopic (exact) mass is 295 g/mol. The van der Waals surface area contributed by atoms with Gasteiger partial charge in [0.15, 0.2) is 0 Å². The summed E-state index contributed by atoms with van der Waals surface area (Å²) in [5.41, 5.74) is 6.05. The lowest BCUT2D eigenvalue weighted by Gasteiger charge is -2.49. The summed E-state index contributed by atoms with van der Waals surface area (Å²) in [4.78, 5) is 17.2. The summed E-state index contributed by atoms with van der Waals surface area (Å²) in [6.07, 6.45) is 6.97. The zero-order valence-corrected chi connectivity index (χ0v) is 14.1. The van der Waals surface area contributed by atoms with E-state index in [1.165, 1.54) is 19.3 Å². The molecule has 3 atom stereocenters. The van der Waals surface area contributed by atoms with Crippen molar-refractivity contribution < 1.29 is 4.79 Å². The van der Waals surface area contributed by atoms with Gasteiger partial charge in [0.1, 0.15) is 0 Å². The Bertz CT molecular complexity index is 360. The molecule has 0 aromatic rings. The van der Waals surface area contributed by atoms with Gasteiger partial charge in [-0.2, -0.15) is 0 Å². The molecule has 2 aliphatic rings. The van der Waals surface area contributed by atoms with Crippen LogP contribution in [0.25, 0.3) is 0 Å². The number of likely N-dealkylation sites (tertiary alicyclic amines) is 1. The van der Waals surface area contributed by atoms with Gasteiger partial charge in [0, 0.05) is 26.2 Å². The van der Waals surface area contributed by atoms with Crippen molar-refractivity contribution in [3.8, 4) is 0 Å². The minimum Gasteiger partial charge on any atom is -0.328 e. The van der Waals surface area contributed by atoms with Crippen LogP contribution >= 0.6 is 0 Å². The number of piperidine rings is 1. The van der Waals surface area contributed by atoms with Gasteiger partial charge in [0.25, 0.3) is 0 Å². The smallest absolute Gasteiger partial charge is 0.320 e. The van der Waals surface area contributed by atoms with Crippen molar-refractivity contribution in [3.05, 3.63) is 0 Å². The lowest BCUT2D eigenvalue weighted by Crippen LogP contribution is -2.61. The van der Waals surface area contributed by atoms with Gasteiger partial charge in [0.2, 0.25) is 0 Å². The molecule has 0 bridgehead atoms. The molecule has 21 heavy (non-hydrogen) atoms. The number of likely N-dealkylation sites (N-methyl/N-ethyl adjacent to an activating group) is 1. The molecule has 2 rings (SSSR count). The first-order valence-corrected chi connectivity index (χ1v) is 8.79. The molecular formula is C17H33N3O. The highest BCUT2D eigenvalue weighted by Gasteiger charge is 2.42. The third kappa shape index (κ3) is 3.53. The summed E-state index contributed by atoms with van der Waals surface area (Å²) in [7, 11) is 0. The van der Waals surface area contributed by atoms with Crippen molar-refractivity contribution in [1.29, 1.82) is 0 Å². The average Bonchev–Trinajstić information content (AvgIpc) is 2.48. The van der Waals surface area contributed by atoms with E-state index in [1.807, 2.05) is 0 Å². The predicted molar refractivity (Wildman–Crippen MR) is 87.2 cm³/mol. The maximum Gasteiger partial charge on any atom is 0.320 e. The second-order valence-electron chi connectivity index (χ2n) is 7.35. The zero-order valence-electron chi connectivity index (χ0n) is 14.1. The number of rotatable bonds is 3. The largest absolute Gasteiger partial charge is 0.328 e. The van der Waals surface area contributed by atoms with E-state index in [0.29, 0.717) is 18.4 Å². The SMILES string of the molecule is CCN(C(=O)N1CCCC(C)C1)C1(CN)CCCC(C)C1. The summed E-state index contributed by atoms with van der Waals surface area (Å²) in [6.45, 7) is 9.83. The summed E-state index contributed by atoms with van der Waals surface area (Å²) in [5.74, 6) is 1.30. The van der Waals surface area contributed by atoms with E-state index in [0.717, 1.165) is 38.9 Å². The number of nitrogens with two attached hydrogens (primary N) is 1. The third-order valence-electron chi connectivity index (χ3n) is 5.49. The standard InChI is InChI=1S/C17H33N3O/c1-4-20(16(21)19-10-6-8-15(3)12-19)17(13-18)9-5-7-14(2)11-17/h14-15H,4-13,18H2,1-3H3. The van der Waals surface area contributed by atoms with Crippen LogP contribution < -0.4 is 5.73 Å². The van der Waals surface area contributed by atoms with Gasteiger partial charge >= 0.3 is 6.03 Å². The Morgan fingerprint density at radius 3 is 2.57 bits per heavy atom. The van der Waals surface area contributed by atoms with Crippen LogP contribution in [0, 0.1) is 11.8 Å². The summed E-state index contributed by atoms with van der Waals surface area (Å²) >= 11 is 0. The Morgan fingerprint density at radius 2 is 2.00 bits per heavy atom. The highest BCUT2D eigenvalue weighted by Crippen LogP contribution is 2.37. The zero-order chi connectivity index (χ0) is 15.5. The van der Waals surface area contributed by atoms with Crippen molar-refractivity contribution in [1.82, 2.24) is 9.80 Å². The molecule has 2 fully saturated rings. The van der Waals surface area contributed by atoms with Gasteiger partial charge in [-0.3, -0.25) is 0 Å². The molecule has 1 aliphatic heterocycles. The number of hydrogen-bond donors (Lipinski definition) is 1. The van der Waals surface area contributed by atoms with Crippen molar-refractivity contribution in [2.45, 2.75) is 64.8 Å². The lowest BCUT2D eigenvalue weighted by atomic mass is 9.75. The average molecular weight is 295 g/mol. The molecule has 1 saturated heterocycles. The number of carbonyl (C=O) groups excluding carboxylic acids is 1. The number of carbonyl (C=O) groups is 1. The fraction of sp³-hybridized carbons (Fsp3) is 0.941. The van der Waals surface area contributed by atoms with E-state index >= 15 is 0 Å². The molecule has 0 radical (unpaired) electrons. The van der Waals surface area contributed by atoms with Crippen LogP contribution in [0.3, 0.4) is 0 Å². The molecule has 1 aliphatic carbocycles. The number of amides is 2. The third-order valence-corrected chi connectivity index (χ3v) is 5.49. The first-order chi connectivity index (χ1) is 10.0. The van der Waals surface area contributed by atoms with Gasteiger partial charge in [-0.15, -0.1) is 0 Å². The Morgan fingerprint density at radius 1 is 1.29 bits per heavy atom. The molecule has 1 saturated carbocycles. The van der Waals surface area contributed by atoms with Crippen LogP contribution in [0.4, 0.5) is 4.79 Å². The summed E-state index contributed by atoms with van der Waals surface area (Å²) in [5, 5.41) is 0. The van der Waals surface area contributed by atoms with Gasteiger partial charge in [-0.05, 0) is 44.4 Å². The van der Waals surface area contributed by atoms with Crippen LogP contribution in [0.1, 0.15) is 59.3 Å². The normalized spacial score (nSPS) is 33.8. The van der Waals surface area contributed by atoms with Crippen molar-refractivity contribution in [2.75, 3.05) is 26.2 Å². The van der Waals surface area contributed by atoms with E-state index in [1.54, 1.807) is 0 Å². The van der Waals surface area contributed by atoms with Crippen LogP contribution in [-0.4, -0.2) is 47.5 Å². The molecule has 122 valence electrons. The van der Waals surface area contributed by atoms with Crippen LogP contribution in [-0.2, 0) is 0 Å². The molecule has 0 aromatic carbocycles. The predicted octanol–water partition coefficient (Wildman–Crippen LogP) is 3.07. The van der Waals surface area contributed by atoms with Gasteiger partial charge in [-0.25, -0.2) is 4.79 Å². The number of nitrogens with zero attached hydrogens (tertiary/aromatic N) is 2. The minimum absolute atomic E-state index is 0.107. The summed E-state index contributed by atoms with van der Waals surface area (Å²) < 4.78 is 0. The molecule has 0 aromatic heterocycles. The highest BCUT2D eigenvalue weighted by molar-refractivity contribution is 5.75. The molecular weight excluding hydrogens is 262 g/mol. The Kier molecular flexibility index (Phi) is 5.53. The maximum atomic E-state index is 13.0. The van der Waals surface area contributed by atoms with E-state index in [2.05, 4.69) is 30.6 Å². The first-order valence-electron chi connectivity index (χ1n) is 8.79. The fourth-order valence-corrected chi connectivity index (χ4v) is 4.38. The fourth-order valence-electron chi connectivity index (χ4n) is 4.38. The van der Waals surface area contributed by atoms with Gasteiger partial charge in [0.05, 0.1) is 5.54 Å². The van der Waals surface area contributed by atoms with E-state index in [-0.39, 0.29) is 11.6 Å². The Hall–Kier alpha value is -0.770. The van der Waals surface area contributed by atoms with Gasteiger partial charge in [-0.1, -0.05) is 26.7 Å². The second-order valence-corrected chi connectivity index (χ2v) is 7.35. The first kappa shape index (κ1) is 16.6. The molecule has 0 spiro atoms. The Labute approximate surface area is 130 Å². The molecule has 3 unspecified atom stereocenters. The van der Waals surface area contributed by atoms with Crippen molar-refractivity contribution >= 4 is 6.03 Å². The quantitative estimate of drug-likeness (QED) is 0.870. The topological polar surface area (TPSA) is 49.6 Å². The molecule has 4 heteroatoms. The van der Waals surface area contributed by atoms with Gasteiger partial charge < -0.3 is 15.5 Å². The molecule has 2 amide bonds. The van der Waals surface area contributed by atoms with E-state index in [4.69, 9.17) is 5.73 Å². The van der Waals surface area contributed by atoms with E-state index < -0.39 is 0 Å². The maximum absolute atomic E-state index is 13.0. The van der Waals surface area contributed by atoms with Crippen LogP contribution in [0.2, 0.25) is 0 Å². The minimum atomic E-state index is -0.107. The van der Waals surface area contributed by atoms with Crippen molar-refractivity contribution in [2.24, 2.45) is 17.6 Å². The lowest BCUT2D eigenvalue weighted by molar-refractivity contribution is 0.0449. The Balaban J connectivity index is 2.14. The van der Waals surface area contributed by atoms with Crippen LogP contribution in [0.15, 0.2) is 0 Å². The second kappa shape index (κ2) is 6.99. The number of hydrogen-bond acceptors (Lipinski definition) is 2. The molecule has 4 nitrogen and oxygen atoms in total. The van der Waals surface area contributed by atoms with Crippen LogP contribution in [0.5, 0.6) is 0 Å². The number of urea groups is 1. The molecule has 2 N–H and O–H groups in total. The van der Waals surface area contributed by atoms with E-state index in [9.17, 15) is 4.79 Å². The van der Waals surface area contributed by atoms with Crippen molar-refractivity contribution in [3.63, 3.8) is 0 Å². The highest BCUT2D eigenvalue weighted by atomic mass is 16.2. The summed E-state index contributed by atoms with van der Waals surface area (Å²) in [6, 6.07) is 0.226. The molecule has 1 heterocycles.